The summed E-state index contributed by atoms with van der Waals surface area (Å²) in [5.41, 5.74) is 0.908. The Bertz CT molecular complexity index is 1140. The first-order valence-corrected chi connectivity index (χ1v) is 16.8. The molecule has 9 heteroatoms. The average Bonchev–Trinajstić information content (AvgIpc) is 3.05. The molecule has 2 rings (SSSR count). The van der Waals surface area contributed by atoms with Gasteiger partial charge in [0, 0.05) is 39.4 Å². The van der Waals surface area contributed by atoms with Crippen molar-refractivity contribution in [2.75, 3.05) is 34.2 Å². The monoisotopic (exact) mass is 636 g/mol. The smallest absolute Gasteiger partial charge is 0.242 e. The van der Waals surface area contributed by atoms with Gasteiger partial charge in [-0.05, 0) is 57.7 Å². The predicted molar refractivity (Wildman–Crippen MR) is 182 cm³/mol. The van der Waals surface area contributed by atoms with Crippen molar-refractivity contribution in [3.63, 3.8) is 0 Å². The van der Waals surface area contributed by atoms with Crippen LogP contribution in [-0.2, 0) is 20.8 Å². The van der Waals surface area contributed by atoms with E-state index in [4.69, 9.17) is 12.8 Å². The van der Waals surface area contributed by atoms with Crippen LogP contribution in [0.25, 0.3) is 0 Å². The van der Waals surface area contributed by atoms with E-state index in [1.54, 1.807) is 11.9 Å². The van der Waals surface area contributed by atoms with Gasteiger partial charge >= 0.3 is 0 Å². The summed E-state index contributed by atoms with van der Waals surface area (Å²) in [5.74, 6) is 3.68. The lowest BCUT2D eigenvalue weighted by Crippen LogP contribution is -2.56. The van der Waals surface area contributed by atoms with E-state index in [0.29, 0.717) is 51.1 Å². The molecule has 1 aliphatic carbocycles. The second-order valence-corrected chi connectivity index (χ2v) is 13.0. The number of rotatable bonds is 20. The molecule has 1 aliphatic rings. The minimum absolute atomic E-state index is 0.0129. The molecule has 9 nitrogen and oxygen atoms in total. The van der Waals surface area contributed by atoms with E-state index in [9.17, 15) is 24.6 Å². The van der Waals surface area contributed by atoms with Crippen LogP contribution in [0.4, 0.5) is 0 Å². The molecule has 0 spiro atoms. The molecule has 1 fully saturated rings. The van der Waals surface area contributed by atoms with Gasteiger partial charge in [0.2, 0.25) is 17.7 Å². The first-order valence-electron chi connectivity index (χ1n) is 16.8. The molecule has 0 heterocycles. The third-order valence-electron chi connectivity index (χ3n) is 8.90. The summed E-state index contributed by atoms with van der Waals surface area (Å²) in [6.07, 6.45) is 16.7. The number of aliphatic hydroxyl groups is 2. The van der Waals surface area contributed by atoms with Crippen LogP contribution in [0.15, 0.2) is 30.3 Å². The number of unbranched alkanes of at least 4 members (excludes halogenated alkanes) is 1. The van der Waals surface area contributed by atoms with Crippen LogP contribution in [0.5, 0.6) is 0 Å². The van der Waals surface area contributed by atoms with E-state index < -0.39 is 42.0 Å². The maximum absolute atomic E-state index is 13.8. The van der Waals surface area contributed by atoms with Gasteiger partial charge in [0.15, 0.2) is 0 Å². The van der Waals surface area contributed by atoms with Gasteiger partial charge in [-0.15, -0.1) is 24.7 Å². The fourth-order valence-electron chi connectivity index (χ4n) is 5.98. The Kier molecular flexibility index (Phi) is 18.1. The Labute approximate surface area is 276 Å². The summed E-state index contributed by atoms with van der Waals surface area (Å²) in [4.78, 5) is 44.4. The van der Waals surface area contributed by atoms with Crippen LogP contribution in [0, 0.1) is 36.5 Å². The van der Waals surface area contributed by atoms with E-state index in [1.165, 1.54) is 6.42 Å². The first-order chi connectivity index (χ1) is 22.0. The lowest BCUT2D eigenvalue weighted by atomic mass is 9.82. The highest BCUT2D eigenvalue weighted by atomic mass is 16.3. The normalized spacial score (nSPS) is 16.7. The van der Waals surface area contributed by atoms with Gasteiger partial charge in [-0.2, -0.15) is 0 Å². The Morgan fingerprint density at radius 3 is 2.22 bits per heavy atom. The van der Waals surface area contributed by atoms with Crippen LogP contribution in [0.3, 0.4) is 0 Å². The summed E-state index contributed by atoms with van der Waals surface area (Å²) < 4.78 is 0. The van der Waals surface area contributed by atoms with E-state index in [1.807, 2.05) is 49.3 Å². The number of carbonyl (C=O) groups excluding carboxylic acids is 3. The zero-order valence-electron chi connectivity index (χ0n) is 28.1. The lowest BCUT2D eigenvalue weighted by molar-refractivity contribution is -0.137. The number of terminal acetylenes is 2. The summed E-state index contributed by atoms with van der Waals surface area (Å²) in [5, 5.41) is 27.9. The molecule has 0 radical (unpaired) electrons. The quantitative estimate of drug-likeness (QED) is 0.129. The van der Waals surface area contributed by atoms with Crippen molar-refractivity contribution in [2.24, 2.45) is 11.8 Å². The Hall–Kier alpha value is -3.37. The molecule has 46 heavy (non-hydrogen) atoms. The maximum Gasteiger partial charge on any atom is 0.242 e. The molecule has 1 aromatic carbocycles. The molecular weight excluding hydrogens is 580 g/mol. The van der Waals surface area contributed by atoms with E-state index in [0.717, 1.165) is 31.2 Å². The number of hydrogen-bond donors (Lipinski definition) is 4. The maximum atomic E-state index is 13.8. The van der Waals surface area contributed by atoms with Crippen molar-refractivity contribution in [3.05, 3.63) is 35.9 Å². The molecule has 0 saturated heterocycles. The minimum atomic E-state index is -1.19. The highest BCUT2D eigenvalue weighted by Crippen LogP contribution is 2.29. The molecular formula is C37H56N4O5. The molecule has 0 unspecified atom stereocenters. The van der Waals surface area contributed by atoms with Gasteiger partial charge in [-0.3, -0.25) is 14.4 Å². The number of benzene rings is 1. The highest BCUT2D eigenvalue weighted by molar-refractivity contribution is 5.91. The van der Waals surface area contributed by atoms with Crippen molar-refractivity contribution < 1.29 is 24.6 Å². The number of likely N-dealkylation sites (N-methyl/N-ethyl adjacent to an activating group) is 2. The van der Waals surface area contributed by atoms with Gasteiger partial charge in [-0.25, -0.2) is 0 Å². The lowest BCUT2D eigenvalue weighted by Gasteiger charge is -2.33. The molecule has 1 aromatic rings. The summed E-state index contributed by atoms with van der Waals surface area (Å²) in [6.45, 7) is 1.22. The molecule has 0 aromatic heterocycles. The number of nitrogens with one attached hydrogen (secondary N) is 2. The molecule has 5 atom stereocenters. The summed E-state index contributed by atoms with van der Waals surface area (Å²) >= 11 is 0. The molecule has 0 aliphatic heterocycles. The molecule has 4 N–H and O–H groups in total. The molecule has 254 valence electrons. The van der Waals surface area contributed by atoms with Gasteiger partial charge in [0.1, 0.15) is 6.04 Å². The third kappa shape index (κ3) is 14.4. The Balaban J connectivity index is 2.24. The fourth-order valence-corrected chi connectivity index (χ4v) is 5.98. The van der Waals surface area contributed by atoms with E-state index >= 15 is 0 Å². The number of nitrogens with zero attached hydrogens (tertiary/aromatic N) is 2. The Morgan fingerprint density at radius 1 is 0.913 bits per heavy atom. The van der Waals surface area contributed by atoms with E-state index in [-0.39, 0.29) is 25.2 Å². The Morgan fingerprint density at radius 2 is 1.59 bits per heavy atom. The second-order valence-electron chi connectivity index (χ2n) is 13.0. The average molecular weight is 637 g/mol. The van der Waals surface area contributed by atoms with Crippen LogP contribution in [0.2, 0.25) is 0 Å². The van der Waals surface area contributed by atoms with E-state index in [2.05, 4.69) is 22.5 Å². The van der Waals surface area contributed by atoms with Crippen molar-refractivity contribution >= 4 is 17.7 Å². The number of amides is 3. The summed E-state index contributed by atoms with van der Waals surface area (Å²) in [7, 11) is 5.60. The minimum Gasteiger partial charge on any atom is -0.390 e. The number of aliphatic hydroxyl groups excluding tert-OH is 2. The van der Waals surface area contributed by atoms with Crippen molar-refractivity contribution in [2.45, 2.75) is 108 Å². The van der Waals surface area contributed by atoms with Gasteiger partial charge in [0.05, 0.1) is 24.2 Å². The van der Waals surface area contributed by atoms with Crippen molar-refractivity contribution in [1.82, 2.24) is 20.4 Å². The summed E-state index contributed by atoms with van der Waals surface area (Å²) in [6, 6.07) is 7.82. The SMILES string of the molecule is C#CCCC[C@H](O)[C@H](O)[C@H](CC1CCCCC1)NC(=O)[C@H](CCC#C)NC(=O)[C@@H](CC(=O)N(C)CCN(C)C)Cc1ccccc1. The van der Waals surface area contributed by atoms with Crippen LogP contribution < -0.4 is 10.6 Å². The molecule has 3 amide bonds. The standard InChI is InChI=1S/C37H56N4O5/c1-6-8-12-22-33(42)35(44)32(26-29-19-15-11-16-20-29)39-37(46)31(21-9-7-2)38-36(45)30(25-28-17-13-10-14-18-28)27-34(43)41(5)24-23-40(3)4/h1-2,10,13-14,17-18,29-33,35,42,44H,8-9,11-12,15-16,19-27H2,3-5H3,(H,38,45)(H,39,46)/t30-,31+,32+,33+,35-/m1/s1. The van der Waals surface area contributed by atoms with Crippen LogP contribution >= 0.6 is 0 Å². The van der Waals surface area contributed by atoms with Gasteiger partial charge in [0.25, 0.3) is 0 Å². The highest BCUT2D eigenvalue weighted by Gasteiger charge is 2.34. The second kappa shape index (κ2) is 21.4. The topological polar surface area (TPSA) is 122 Å². The predicted octanol–water partition coefficient (Wildman–Crippen LogP) is 3.13. The van der Waals surface area contributed by atoms with Gasteiger partial charge in [-0.1, -0.05) is 62.4 Å². The van der Waals surface area contributed by atoms with Crippen molar-refractivity contribution in [1.29, 1.82) is 0 Å². The van der Waals surface area contributed by atoms with Crippen molar-refractivity contribution in [3.8, 4) is 24.7 Å². The third-order valence-corrected chi connectivity index (χ3v) is 8.90. The van der Waals surface area contributed by atoms with Gasteiger partial charge < -0.3 is 30.6 Å². The zero-order chi connectivity index (χ0) is 33.9. The number of hydrogen-bond acceptors (Lipinski definition) is 6. The van der Waals surface area contributed by atoms with Crippen LogP contribution in [0.1, 0.15) is 82.6 Å². The first kappa shape index (κ1) is 38.8. The largest absolute Gasteiger partial charge is 0.390 e. The van der Waals surface area contributed by atoms with Crippen LogP contribution in [-0.4, -0.2) is 96.3 Å². The number of carbonyl (C=O) groups is 3. The zero-order valence-corrected chi connectivity index (χ0v) is 28.1. The fraction of sp³-hybridized carbons (Fsp3) is 0.649. The molecule has 0 bridgehead atoms. The molecule has 1 saturated carbocycles.